The molecule has 0 saturated carbocycles. The van der Waals surface area contributed by atoms with Gasteiger partial charge in [-0.3, -0.25) is 0 Å². The minimum absolute atomic E-state index is 0.746. The van der Waals surface area contributed by atoms with Crippen LogP contribution in [0.4, 0.5) is 0 Å². The van der Waals surface area contributed by atoms with Gasteiger partial charge in [0.25, 0.3) is 0 Å². The van der Waals surface area contributed by atoms with E-state index >= 15 is 0 Å². The van der Waals surface area contributed by atoms with E-state index in [9.17, 15) is 0 Å². The van der Waals surface area contributed by atoms with Crippen molar-refractivity contribution in [1.29, 1.82) is 0 Å². The SMILES string of the molecule is Clc1ccc(-c2ccc3oc4c(-c5ccccc5)cccc4c3c2)cc1. The highest BCUT2D eigenvalue weighted by molar-refractivity contribution is 6.30. The number of para-hydroxylation sites is 1. The number of halogens is 1. The van der Waals surface area contributed by atoms with Crippen LogP contribution in [0.3, 0.4) is 0 Å². The second-order valence-electron chi connectivity index (χ2n) is 6.37. The summed E-state index contributed by atoms with van der Waals surface area (Å²) >= 11 is 6.02. The van der Waals surface area contributed by atoms with Gasteiger partial charge in [0.15, 0.2) is 0 Å². The standard InChI is InChI=1S/C24H15ClO/c25-19-12-9-16(10-13-19)18-11-14-23-22(15-18)21-8-4-7-20(24(21)26-23)17-5-2-1-3-6-17/h1-15H. The molecule has 2 heteroatoms. The molecule has 0 bridgehead atoms. The first kappa shape index (κ1) is 15.2. The Morgan fingerprint density at radius 1 is 0.577 bits per heavy atom. The predicted molar refractivity (Wildman–Crippen MR) is 110 cm³/mol. The van der Waals surface area contributed by atoms with Gasteiger partial charge in [0.1, 0.15) is 11.2 Å². The summed E-state index contributed by atoms with van der Waals surface area (Å²) in [5.41, 5.74) is 6.41. The summed E-state index contributed by atoms with van der Waals surface area (Å²) < 4.78 is 6.23. The highest BCUT2D eigenvalue weighted by Gasteiger charge is 2.12. The second-order valence-corrected chi connectivity index (χ2v) is 6.80. The number of hydrogen-bond acceptors (Lipinski definition) is 1. The zero-order valence-electron chi connectivity index (χ0n) is 13.9. The fraction of sp³-hybridized carbons (Fsp3) is 0. The topological polar surface area (TPSA) is 13.1 Å². The molecule has 5 rings (SSSR count). The first-order valence-corrected chi connectivity index (χ1v) is 8.94. The maximum Gasteiger partial charge on any atom is 0.143 e. The molecule has 4 aromatic carbocycles. The van der Waals surface area contributed by atoms with Gasteiger partial charge in [-0.15, -0.1) is 0 Å². The van der Waals surface area contributed by atoms with Crippen molar-refractivity contribution in [2.24, 2.45) is 0 Å². The number of benzene rings is 4. The molecule has 1 nitrogen and oxygen atoms in total. The second kappa shape index (κ2) is 6.05. The molecule has 0 spiro atoms. The third-order valence-electron chi connectivity index (χ3n) is 4.76. The molecule has 0 aliphatic rings. The van der Waals surface area contributed by atoms with Crippen molar-refractivity contribution in [3.63, 3.8) is 0 Å². The molecule has 1 aromatic heterocycles. The molecule has 0 amide bonds. The zero-order valence-corrected chi connectivity index (χ0v) is 14.7. The molecule has 5 aromatic rings. The van der Waals surface area contributed by atoms with Gasteiger partial charge in [0.2, 0.25) is 0 Å². The number of fused-ring (bicyclic) bond motifs is 3. The summed E-state index contributed by atoms with van der Waals surface area (Å²) in [6, 6.07) is 30.9. The van der Waals surface area contributed by atoms with E-state index in [2.05, 4.69) is 54.6 Å². The highest BCUT2D eigenvalue weighted by Crippen LogP contribution is 2.37. The van der Waals surface area contributed by atoms with E-state index in [1.807, 2.05) is 36.4 Å². The minimum atomic E-state index is 0.746. The predicted octanol–water partition coefficient (Wildman–Crippen LogP) is 7.57. The summed E-state index contributed by atoms with van der Waals surface area (Å²) in [5.74, 6) is 0. The monoisotopic (exact) mass is 354 g/mol. The maximum atomic E-state index is 6.23. The lowest BCUT2D eigenvalue weighted by Gasteiger charge is -2.02. The lowest BCUT2D eigenvalue weighted by atomic mass is 10.0. The number of rotatable bonds is 2. The van der Waals surface area contributed by atoms with Crippen molar-refractivity contribution in [2.75, 3.05) is 0 Å². The van der Waals surface area contributed by atoms with E-state index in [-0.39, 0.29) is 0 Å². The molecule has 0 radical (unpaired) electrons. The van der Waals surface area contributed by atoms with Gasteiger partial charge in [-0.1, -0.05) is 78.3 Å². The van der Waals surface area contributed by atoms with Gasteiger partial charge in [0, 0.05) is 21.4 Å². The largest absolute Gasteiger partial charge is 0.455 e. The summed E-state index contributed by atoms with van der Waals surface area (Å²) in [6.45, 7) is 0. The molecule has 0 unspecified atom stereocenters. The molecule has 26 heavy (non-hydrogen) atoms. The molecule has 0 fully saturated rings. The molecule has 1 heterocycles. The van der Waals surface area contributed by atoms with E-state index in [1.165, 1.54) is 0 Å². The first-order chi connectivity index (χ1) is 12.8. The van der Waals surface area contributed by atoms with Gasteiger partial charge in [-0.05, 0) is 41.0 Å². The Morgan fingerprint density at radius 3 is 2.15 bits per heavy atom. The van der Waals surface area contributed by atoms with Gasteiger partial charge >= 0.3 is 0 Å². The van der Waals surface area contributed by atoms with E-state index in [4.69, 9.17) is 16.0 Å². The Labute approximate surface area is 156 Å². The molecular weight excluding hydrogens is 340 g/mol. The number of hydrogen-bond donors (Lipinski definition) is 0. The summed E-state index contributed by atoms with van der Waals surface area (Å²) in [7, 11) is 0. The summed E-state index contributed by atoms with van der Waals surface area (Å²) in [6.07, 6.45) is 0. The maximum absolute atomic E-state index is 6.23. The van der Waals surface area contributed by atoms with Crippen molar-refractivity contribution in [3.8, 4) is 22.3 Å². The average Bonchev–Trinajstić information content (AvgIpc) is 3.07. The number of furan rings is 1. The minimum Gasteiger partial charge on any atom is -0.455 e. The smallest absolute Gasteiger partial charge is 0.143 e. The van der Waals surface area contributed by atoms with Crippen molar-refractivity contribution in [3.05, 3.63) is 96.0 Å². The Morgan fingerprint density at radius 2 is 1.35 bits per heavy atom. The van der Waals surface area contributed by atoms with Crippen LogP contribution in [-0.2, 0) is 0 Å². The van der Waals surface area contributed by atoms with Crippen molar-refractivity contribution < 1.29 is 4.42 Å². The van der Waals surface area contributed by atoms with Crippen LogP contribution in [0.5, 0.6) is 0 Å². The van der Waals surface area contributed by atoms with Crippen LogP contribution < -0.4 is 0 Å². The van der Waals surface area contributed by atoms with Crippen molar-refractivity contribution in [2.45, 2.75) is 0 Å². The quantitative estimate of drug-likeness (QED) is 0.318. The average molecular weight is 355 g/mol. The van der Waals surface area contributed by atoms with Crippen LogP contribution >= 0.6 is 11.6 Å². The Kier molecular flexibility index (Phi) is 3.55. The van der Waals surface area contributed by atoms with E-state index in [1.54, 1.807) is 0 Å². The molecule has 0 aliphatic carbocycles. The van der Waals surface area contributed by atoms with Gasteiger partial charge in [-0.25, -0.2) is 0 Å². The third kappa shape index (κ3) is 2.49. The summed E-state index contributed by atoms with van der Waals surface area (Å²) in [4.78, 5) is 0. The summed E-state index contributed by atoms with van der Waals surface area (Å²) in [5, 5.41) is 3.01. The third-order valence-corrected chi connectivity index (χ3v) is 5.01. The van der Waals surface area contributed by atoms with Crippen LogP contribution in [0, 0.1) is 0 Å². The molecule has 0 saturated heterocycles. The van der Waals surface area contributed by atoms with Crippen LogP contribution in [-0.4, -0.2) is 0 Å². The molecule has 0 N–H and O–H groups in total. The Balaban J connectivity index is 1.74. The van der Waals surface area contributed by atoms with Crippen LogP contribution in [0.15, 0.2) is 95.4 Å². The fourth-order valence-corrected chi connectivity index (χ4v) is 3.59. The van der Waals surface area contributed by atoms with E-state index < -0.39 is 0 Å². The first-order valence-electron chi connectivity index (χ1n) is 8.56. The fourth-order valence-electron chi connectivity index (χ4n) is 3.47. The van der Waals surface area contributed by atoms with E-state index in [0.29, 0.717) is 0 Å². The van der Waals surface area contributed by atoms with Gasteiger partial charge in [-0.2, -0.15) is 0 Å². The van der Waals surface area contributed by atoms with Crippen LogP contribution in [0.25, 0.3) is 44.2 Å². The lowest BCUT2D eigenvalue weighted by Crippen LogP contribution is -1.78. The Bertz CT molecular complexity index is 1220. The van der Waals surface area contributed by atoms with Gasteiger partial charge < -0.3 is 4.42 Å². The highest BCUT2D eigenvalue weighted by atomic mass is 35.5. The van der Waals surface area contributed by atoms with Crippen LogP contribution in [0.2, 0.25) is 5.02 Å². The van der Waals surface area contributed by atoms with E-state index in [0.717, 1.165) is 49.2 Å². The lowest BCUT2D eigenvalue weighted by molar-refractivity contribution is 0.670. The van der Waals surface area contributed by atoms with Crippen molar-refractivity contribution >= 4 is 33.5 Å². The molecule has 0 atom stereocenters. The molecule has 124 valence electrons. The van der Waals surface area contributed by atoms with Gasteiger partial charge in [0.05, 0.1) is 0 Å². The van der Waals surface area contributed by atoms with Crippen molar-refractivity contribution in [1.82, 2.24) is 0 Å². The Hall–Kier alpha value is -3.03. The van der Waals surface area contributed by atoms with Crippen LogP contribution in [0.1, 0.15) is 0 Å². The zero-order chi connectivity index (χ0) is 17.5. The normalized spacial score (nSPS) is 11.3. The molecular formula is C24H15ClO. The molecule has 0 aliphatic heterocycles.